The first-order valence-electron chi connectivity index (χ1n) is 15.0. The number of amides is 4. The predicted molar refractivity (Wildman–Crippen MR) is 167 cm³/mol. The number of carbonyl (C=O) groups excluding carboxylic acids is 3. The Kier molecular flexibility index (Phi) is 7.31. The molecule has 4 amide bonds. The van der Waals surface area contributed by atoms with Gasteiger partial charge in [0.1, 0.15) is 18.0 Å². The number of halogens is 2. The fourth-order valence-electron chi connectivity index (χ4n) is 8.19. The lowest BCUT2D eigenvalue weighted by atomic mass is 9.48. The maximum atomic E-state index is 13.6. The Hall–Kier alpha value is -3.98. The van der Waals surface area contributed by atoms with E-state index in [1.54, 1.807) is 24.3 Å². The molecule has 1 saturated heterocycles. The molecule has 8 rings (SSSR count). The number of nitrogens with zero attached hydrogens (tertiary/aromatic N) is 1. The molecule has 44 heavy (non-hydrogen) atoms. The summed E-state index contributed by atoms with van der Waals surface area (Å²) in [6.07, 6.45) is 9.16. The molecule has 0 unspecified atom stereocenters. The van der Waals surface area contributed by atoms with Crippen molar-refractivity contribution in [2.45, 2.75) is 50.5 Å². The van der Waals surface area contributed by atoms with E-state index in [1.165, 1.54) is 69.4 Å². The molecule has 0 spiro atoms. The average molecular weight is 660 g/mol. The standard InChI is InChI=1S/C35H32BrFN2O5/c1-43-30-15-21(14-29(36)31(30)44-19-20-2-6-26(37)7-3-20)13-28-32(40)38-34(42)39(33(28)41)27-8-4-25(5-9-27)35-16-22-10-23(17-35)12-24(11-22)18-35/h2-9,13-15,22-24H,10-12,16-19H2,1H3,(H,38,40,42)/b28-13+. The minimum Gasteiger partial charge on any atom is -0.493 e. The Balaban J connectivity index is 1.13. The summed E-state index contributed by atoms with van der Waals surface area (Å²) in [6.45, 7) is 0.176. The zero-order valence-corrected chi connectivity index (χ0v) is 25.9. The first kappa shape index (κ1) is 28.8. The molecular weight excluding hydrogens is 627 g/mol. The van der Waals surface area contributed by atoms with Crippen LogP contribution in [-0.4, -0.2) is 25.0 Å². The summed E-state index contributed by atoms with van der Waals surface area (Å²) in [6, 6.07) is 16.3. The summed E-state index contributed by atoms with van der Waals surface area (Å²) in [5, 5.41) is 2.31. The zero-order valence-electron chi connectivity index (χ0n) is 24.3. The second kappa shape index (κ2) is 11.2. The Morgan fingerprint density at radius 2 is 1.59 bits per heavy atom. The maximum Gasteiger partial charge on any atom is 0.335 e. The van der Waals surface area contributed by atoms with Crippen LogP contribution in [0.2, 0.25) is 0 Å². The lowest BCUT2D eigenvalue weighted by Gasteiger charge is -2.57. The van der Waals surface area contributed by atoms with E-state index in [0.29, 0.717) is 27.2 Å². The molecule has 4 aliphatic carbocycles. The highest BCUT2D eigenvalue weighted by Gasteiger charge is 2.51. The van der Waals surface area contributed by atoms with Crippen LogP contribution in [0.5, 0.6) is 11.5 Å². The van der Waals surface area contributed by atoms with Gasteiger partial charge in [-0.1, -0.05) is 24.3 Å². The average Bonchev–Trinajstić information content (AvgIpc) is 2.99. The van der Waals surface area contributed by atoms with E-state index in [2.05, 4.69) is 33.4 Å². The smallest absolute Gasteiger partial charge is 0.335 e. The molecule has 1 N–H and O–H groups in total. The van der Waals surface area contributed by atoms with Gasteiger partial charge in [0.05, 0.1) is 17.3 Å². The van der Waals surface area contributed by atoms with Gasteiger partial charge >= 0.3 is 6.03 Å². The maximum absolute atomic E-state index is 13.6. The molecular formula is C35H32BrFN2O5. The van der Waals surface area contributed by atoms with Crippen molar-refractivity contribution in [2.75, 3.05) is 12.0 Å². The van der Waals surface area contributed by atoms with Crippen molar-refractivity contribution in [3.63, 3.8) is 0 Å². The van der Waals surface area contributed by atoms with Gasteiger partial charge in [-0.3, -0.25) is 14.9 Å². The van der Waals surface area contributed by atoms with Crippen molar-refractivity contribution in [1.29, 1.82) is 0 Å². The van der Waals surface area contributed by atoms with Crippen LogP contribution in [-0.2, 0) is 21.6 Å². The number of hydrogen-bond donors (Lipinski definition) is 1. The van der Waals surface area contributed by atoms with E-state index in [1.807, 2.05) is 12.1 Å². The Morgan fingerprint density at radius 1 is 0.955 bits per heavy atom. The van der Waals surface area contributed by atoms with Crippen LogP contribution in [0.15, 0.2) is 70.7 Å². The molecule has 5 fully saturated rings. The third-order valence-corrected chi connectivity index (χ3v) is 10.3. The SMILES string of the molecule is COc1cc(/C=C2\C(=O)NC(=O)N(c3ccc(C45CC6CC(CC(C6)C4)C5)cc3)C2=O)cc(Br)c1OCc1ccc(F)cc1. The van der Waals surface area contributed by atoms with Gasteiger partial charge in [-0.2, -0.15) is 0 Å². The highest BCUT2D eigenvalue weighted by atomic mass is 79.9. The molecule has 0 aromatic heterocycles. The summed E-state index contributed by atoms with van der Waals surface area (Å²) in [5.74, 6) is 1.40. The molecule has 0 atom stereocenters. The van der Waals surface area contributed by atoms with Crippen LogP contribution in [0, 0.1) is 23.6 Å². The van der Waals surface area contributed by atoms with Crippen LogP contribution >= 0.6 is 15.9 Å². The van der Waals surface area contributed by atoms with Crippen LogP contribution in [0.1, 0.15) is 55.2 Å². The molecule has 4 saturated carbocycles. The van der Waals surface area contributed by atoms with E-state index in [9.17, 15) is 18.8 Å². The zero-order chi connectivity index (χ0) is 30.6. The summed E-state index contributed by atoms with van der Waals surface area (Å²) in [7, 11) is 1.48. The lowest BCUT2D eigenvalue weighted by molar-refractivity contribution is -0.122. The van der Waals surface area contributed by atoms with Crippen LogP contribution in [0.4, 0.5) is 14.9 Å². The van der Waals surface area contributed by atoms with E-state index in [4.69, 9.17) is 9.47 Å². The first-order chi connectivity index (χ1) is 21.2. The number of nitrogens with one attached hydrogen (secondary N) is 1. The molecule has 226 valence electrons. The molecule has 7 nitrogen and oxygen atoms in total. The van der Waals surface area contributed by atoms with Gasteiger partial charge in [-0.05, 0) is 137 Å². The van der Waals surface area contributed by atoms with E-state index >= 15 is 0 Å². The van der Waals surface area contributed by atoms with Crippen molar-refractivity contribution in [1.82, 2.24) is 5.32 Å². The number of hydrogen-bond acceptors (Lipinski definition) is 5. The van der Waals surface area contributed by atoms with Gasteiger partial charge in [0.15, 0.2) is 11.5 Å². The van der Waals surface area contributed by atoms with E-state index in [-0.39, 0.29) is 23.4 Å². The molecule has 1 aliphatic heterocycles. The van der Waals surface area contributed by atoms with Crippen molar-refractivity contribution < 1.29 is 28.2 Å². The lowest BCUT2D eigenvalue weighted by Crippen LogP contribution is -2.54. The minimum atomic E-state index is -0.775. The first-order valence-corrected chi connectivity index (χ1v) is 15.8. The monoisotopic (exact) mass is 658 g/mol. The summed E-state index contributed by atoms with van der Waals surface area (Å²) in [5.41, 5.74) is 2.99. The number of imide groups is 2. The van der Waals surface area contributed by atoms with Crippen molar-refractivity contribution in [2.24, 2.45) is 17.8 Å². The molecule has 3 aromatic carbocycles. The molecule has 3 aromatic rings. The van der Waals surface area contributed by atoms with Crippen LogP contribution < -0.4 is 19.7 Å². The molecule has 4 bridgehead atoms. The summed E-state index contributed by atoms with van der Waals surface area (Å²) < 4.78 is 25.3. The summed E-state index contributed by atoms with van der Waals surface area (Å²) >= 11 is 3.50. The Morgan fingerprint density at radius 3 is 2.20 bits per heavy atom. The van der Waals surface area contributed by atoms with Gasteiger partial charge in [0.25, 0.3) is 11.8 Å². The number of ether oxygens (including phenoxy) is 2. The normalized spacial score (nSPS) is 26.7. The highest BCUT2D eigenvalue weighted by molar-refractivity contribution is 9.10. The highest BCUT2D eigenvalue weighted by Crippen LogP contribution is 2.60. The fraction of sp³-hybridized carbons (Fsp3) is 0.343. The number of urea groups is 1. The molecule has 9 heteroatoms. The Bertz CT molecular complexity index is 1650. The minimum absolute atomic E-state index is 0.176. The van der Waals surface area contributed by atoms with E-state index in [0.717, 1.165) is 28.2 Å². The number of anilines is 1. The molecule has 5 aliphatic rings. The fourth-order valence-corrected chi connectivity index (χ4v) is 8.76. The second-order valence-electron chi connectivity index (χ2n) is 12.7. The van der Waals surface area contributed by atoms with Gasteiger partial charge < -0.3 is 9.47 Å². The van der Waals surface area contributed by atoms with Crippen LogP contribution in [0.25, 0.3) is 6.08 Å². The van der Waals surface area contributed by atoms with Crippen molar-refractivity contribution >= 4 is 45.5 Å². The quantitative estimate of drug-likeness (QED) is 0.213. The number of barbiturate groups is 1. The van der Waals surface area contributed by atoms with Gasteiger partial charge in [0.2, 0.25) is 0 Å². The van der Waals surface area contributed by atoms with Gasteiger partial charge in [0, 0.05) is 0 Å². The van der Waals surface area contributed by atoms with Crippen molar-refractivity contribution in [3.05, 3.63) is 93.2 Å². The number of carbonyl (C=O) groups is 3. The largest absolute Gasteiger partial charge is 0.493 e. The number of benzene rings is 3. The van der Waals surface area contributed by atoms with Gasteiger partial charge in [-0.15, -0.1) is 0 Å². The van der Waals surface area contributed by atoms with Crippen LogP contribution in [0.3, 0.4) is 0 Å². The van der Waals surface area contributed by atoms with Gasteiger partial charge in [-0.25, -0.2) is 14.1 Å². The number of methoxy groups -OCH3 is 1. The predicted octanol–water partition coefficient (Wildman–Crippen LogP) is 7.31. The van der Waals surface area contributed by atoms with E-state index < -0.39 is 17.8 Å². The topological polar surface area (TPSA) is 84.9 Å². The Labute approximate surface area is 263 Å². The third kappa shape index (κ3) is 5.21. The van der Waals surface area contributed by atoms with Crippen molar-refractivity contribution in [3.8, 4) is 11.5 Å². The second-order valence-corrected chi connectivity index (χ2v) is 13.5. The number of rotatable bonds is 7. The third-order valence-electron chi connectivity index (χ3n) is 9.74. The molecule has 0 radical (unpaired) electrons. The molecule has 1 heterocycles. The summed E-state index contributed by atoms with van der Waals surface area (Å²) in [4.78, 5) is 40.4.